The van der Waals surface area contributed by atoms with Gasteiger partial charge in [0.2, 0.25) is 5.91 Å². The fraction of sp³-hybridized carbons (Fsp3) is 0.348. The van der Waals surface area contributed by atoms with Gasteiger partial charge in [-0.3, -0.25) is 19.3 Å². The zero-order valence-corrected chi connectivity index (χ0v) is 16.8. The number of nitrogens with zero attached hydrogens (tertiary/aromatic N) is 1. The lowest BCUT2D eigenvalue weighted by molar-refractivity contribution is -0.122. The van der Waals surface area contributed by atoms with Crippen LogP contribution >= 0.6 is 0 Å². The summed E-state index contributed by atoms with van der Waals surface area (Å²) < 4.78 is 0. The van der Waals surface area contributed by atoms with Crippen molar-refractivity contribution in [3.8, 4) is 0 Å². The average molecular weight is 378 g/mol. The van der Waals surface area contributed by atoms with Gasteiger partial charge in [-0.05, 0) is 30.0 Å². The second kappa shape index (κ2) is 7.58. The average Bonchev–Trinajstić information content (AvgIpc) is 2.88. The molecule has 146 valence electrons. The van der Waals surface area contributed by atoms with Crippen molar-refractivity contribution < 1.29 is 14.4 Å². The number of nitrogens with one attached hydrogen (secondary N) is 1. The van der Waals surface area contributed by atoms with Crippen LogP contribution in [0.5, 0.6) is 0 Å². The van der Waals surface area contributed by atoms with Gasteiger partial charge in [0.15, 0.2) is 0 Å². The summed E-state index contributed by atoms with van der Waals surface area (Å²) in [5.74, 6) is -0.841. The van der Waals surface area contributed by atoms with Gasteiger partial charge in [-0.2, -0.15) is 0 Å². The van der Waals surface area contributed by atoms with Gasteiger partial charge < -0.3 is 5.32 Å². The van der Waals surface area contributed by atoms with Crippen LogP contribution in [0.25, 0.3) is 0 Å². The minimum atomic E-state index is -0.330. The van der Waals surface area contributed by atoms with Crippen molar-refractivity contribution in [2.75, 3.05) is 6.54 Å². The highest BCUT2D eigenvalue weighted by Crippen LogP contribution is 2.32. The van der Waals surface area contributed by atoms with Crippen LogP contribution in [0.3, 0.4) is 0 Å². The highest BCUT2D eigenvalue weighted by Gasteiger charge is 2.36. The van der Waals surface area contributed by atoms with E-state index in [4.69, 9.17) is 0 Å². The number of imide groups is 1. The summed E-state index contributed by atoms with van der Waals surface area (Å²) in [6, 6.07) is 14.9. The molecular weight excluding hydrogens is 352 g/mol. The van der Waals surface area contributed by atoms with Crippen LogP contribution in [0, 0.1) is 12.3 Å². The molecule has 1 aliphatic rings. The van der Waals surface area contributed by atoms with E-state index in [-0.39, 0.29) is 42.1 Å². The van der Waals surface area contributed by atoms with Crippen molar-refractivity contribution in [1.82, 2.24) is 10.2 Å². The maximum absolute atomic E-state index is 12.6. The number of aryl methyl sites for hydroxylation is 1. The molecule has 3 amide bonds. The molecular formula is C23H26N2O3. The van der Waals surface area contributed by atoms with Crippen molar-refractivity contribution in [2.45, 2.75) is 40.2 Å². The molecule has 1 N–H and O–H groups in total. The first-order valence-corrected chi connectivity index (χ1v) is 9.49. The molecule has 0 saturated heterocycles. The van der Waals surface area contributed by atoms with E-state index >= 15 is 0 Å². The van der Waals surface area contributed by atoms with Gasteiger partial charge in [-0.15, -0.1) is 0 Å². The normalized spacial score (nSPS) is 14.8. The van der Waals surface area contributed by atoms with Crippen LogP contribution in [0.1, 0.15) is 65.1 Å². The third kappa shape index (κ3) is 3.98. The highest BCUT2D eigenvalue weighted by atomic mass is 16.2. The van der Waals surface area contributed by atoms with Gasteiger partial charge in [-0.25, -0.2) is 0 Å². The summed E-state index contributed by atoms with van der Waals surface area (Å²) in [7, 11) is 0. The van der Waals surface area contributed by atoms with Crippen LogP contribution in [0.4, 0.5) is 0 Å². The maximum Gasteiger partial charge on any atom is 0.261 e. The van der Waals surface area contributed by atoms with Crippen molar-refractivity contribution in [3.63, 3.8) is 0 Å². The zero-order chi connectivity index (χ0) is 20.5. The number of carbonyl (C=O) groups is 3. The van der Waals surface area contributed by atoms with Crippen LogP contribution in [-0.4, -0.2) is 29.2 Å². The Morgan fingerprint density at radius 1 is 1.00 bits per heavy atom. The molecule has 0 saturated carbocycles. The molecule has 0 fully saturated rings. The van der Waals surface area contributed by atoms with Gasteiger partial charge in [-0.1, -0.05) is 62.7 Å². The summed E-state index contributed by atoms with van der Waals surface area (Å²) in [4.78, 5) is 38.8. The minimum absolute atomic E-state index is 0.0723. The SMILES string of the molecule is Cc1ccc2c(c1)C(=O)N(CCC(=O)NC(c1ccccc1)C(C)(C)C)C2=O. The van der Waals surface area contributed by atoms with E-state index in [1.54, 1.807) is 12.1 Å². The zero-order valence-electron chi connectivity index (χ0n) is 16.8. The number of hydrogen-bond donors (Lipinski definition) is 1. The third-order valence-corrected chi connectivity index (χ3v) is 4.99. The van der Waals surface area contributed by atoms with Gasteiger partial charge in [0.05, 0.1) is 17.2 Å². The van der Waals surface area contributed by atoms with Crippen molar-refractivity contribution in [2.24, 2.45) is 5.41 Å². The summed E-state index contributed by atoms with van der Waals surface area (Å²) >= 11 is 0. The third-order valence-electron chi connectivity index (χ3n) is 4.99. The Bertz CT molecular complexity index is 913. The molecule has 1 heterocycles. The van der Waals surface area contributed by atoms with Crippen molar-refractivity contribution in [3.05, 3.63) is 70.8 Å². The Labute approximate surface area is 165 Å². The molecule has 0 radical (unpaired) electrons. The molecule has 5 heteroatoms. The predicted octanol–water partition coefficient (Wildman–Crippen LogP) is 3.88. The molecule has 0 spiro atoms. The fourth-order valence-electron chi connectivity index (χ4n) is 3.50. The Morgan fingerprint density at radius 3 is 2.29 bits per heavy atom. The number of amides is 3. The number of carbonyl (C=O) groups excluding carboxylic acids is 3. The molecule has 5 nitrogen and oxygen atoms in total. The van der Waals surface area contributed by atoms with Crippen molar-refractivity contribution in [1.29, 1.82) is 0 Å². The van der Waals surface area contributed by atoms with E-state index in [2.05, 4.69) is 26.1 Å². The largest absolute Gasteiger partial charge is 0.349 e. The van der Waals surface area contributed by atoms with Crippen LogP contribution in [-0.2, 0) is 4.79 Å². The molecule has 0 aliphatic carbocycles. The number of hydrogen-bond acceptors (Lipinski definition) is 3. The van der Waals surface area contributed by atoms with E-state index in [1.807, 2.05) is 43.3 Å². The molecule has 28 heavy (non-hydrogen) atoms. The van der Waals surface area contributed by atoms with Gasteiger partial charge in [0.25, 0.3) is 11.8 Å². The molecule has 0 aromatic heterocycles. The van der Waals surface area contributed by atoms with E-state index in [1.165, 1.54) is 0 Å². The fourth-order valence-corrected chi connectivity index (χ4v) is 3.50. The summed E-state index contributed by atoms with van der Waals surface area (Å²) in [6.07, 6.45) is 0.0733. The van der Waals surface area contributed by atoms with Gasteiger partial charge in [0.1, 0.15) is 0 Å². The molecule has 2 aromatic rings. The van der Waals surface area contributed by atoms with E-state index < -0.39 is 0 Å². The molecule has 1 unspecified atom stereocenters. The lowest BCUT2D eigenvalue weighted by Crippen LogP contribution is -2.39. The second-order valence-electron chi connectivity index (χ2n) is 8.34. The highest BCUT2D eigenvalue weighted by molar-refractivity contribution is 6.21. The molecule has 3 rings (SSSR count). The number of benzene rings is 2. The Balaban J connectivity index is 1.67. The van der Waals surface area contributed by atoms with E-state index in [9.17, 15) is 14.4 Å². The molecule has 2 aromatic carbocycles. The monoisotopic (exact) mass is 378 g/mol. The summed E-state index contributed by atoms with van der Waals surface area (Å²) in [5, 5.41) is 3.07. The Hall–Kier alpha value is -2.95. The summed E-state index contributed by atoms with van der Waals surface area (Å²) in [5.41, 5.74) is 2.61. The van der Waals surface area contributed by atoms with Gasteiger partial charge >= 0.3 is 0 Å². The van der Waals surface area contributed by atoms with Crippen molar-refractivity contribution >= 4 is 17.7 Å². The van der Waals surface area contributed by atoms with Crippen LogP contribution < -0.4 is 5.32 Å². The van der Waals surface area contributed by atoms with E-state index in [0.29, 0.717) is 11.1 Å². The lowest BCUT2D eigenvalue weighted by Gasteiger charge is -2.32. The minimum Gasteiger partial charge on any atom is -0.349 e. The molecule has 1 atom stereocenters. The molecule has 1 aliphatic heterocycles. The number of fused-ring (bicyclic) bond motifs is 1. The number of rotatable bonds is 5. The quantitative estimate of drug-likeness (QED) is 0.803. The Kier molecular flexibility index (Phi) is 5.36. The first kappa shape index (κ1) is 19.8. The predicted molar refractivity (Wildman–Crippen MR) is 108 cm³/mol. The second-order valence-corrected chi connectivity index (χ2v) is 8.34. The van der Waals surface area contributed by atoms with Crippen LogP contribution in [0.2, 0.25) is 0 Å². The summed E-state index contributed by atoms with van der Waals surface area (Å²) in [6.45, 7) is 8.15. The van der Waals surface area contributed by atoms with Gasteiger partial charge in [0, 0.05) is 13.0 Å². The first-order chi connectivity index (χ1) is 13.2. The first-order valence-electron chi connectivity index (χ1n) is 9.49. The van der Waals surface area contributed by atoms with E-state index in [0.717, 1.165) is 16.0 Å². The lowest BCUT2D eigenvalue weighted by atomic mass is 9.82. The smallest absolute Gasteiger partial charge is 0.261 e. The molecule has 0 bridgehead atoms. The standard InChI is InChI=1S/C23H26N2O3/c1-15-10-11-17-18(14-15)22(28)25(21(17)27)13-12-19(26)24-20(23(2,3)4)16-8-6-5-7-9-16/h5-11,14,20H,12-13H2,1-4H3,(H,24,26). The Morgan fingerprint density at radius 2 is 1.64 bits per heavy atom. The topological polar surface area (TPSA) is 66.5 Å². The maximum atomic E-state index is 12.6. The van der Waals surface area contributed by atoms with Crippen LogP contribution in [0.15, 0.2) is 48.5 Å².